The first kappa shape index (κ1) is 15.8. The summed E-state index contributed by atoms with van der Waals surface area (Å²) in [5.41, 5.74) is 2.53. The van der Waals surface area contributed by atoms with Crippen molar-refractivity contribution in [2.24, 2.45) is 0 Å². The molecule has 0 radical (unpaired) electrons. The summed E-state index contributed by atoms with van der Waals surface area (Å²) in [5, 5.41) is 3.90. The van der Waals surface area contributed by atoms with E-state index in [-0.39, 0.29) is 4.90 Å². The molecule has 2 rings (SSSR count). The van der Waals surface area contributed by atoms with E-state index in [1.165, 1.54) is 7.05 Å². The summed E-state index contributed by atoms with van der Waals surface area (Å²) >= 11 is 5.84. The van der Waals surface area contributed by atoms with Crippen LogP contribution in [0.3, 0.4) is 0 Å². The van der Waals surface area contributed by atoms with Gasteiger partial charge < -0.3 is 5.32 Å². The van der Waals surface area contributed by atoms with Crippen LogP contribution in [-0.2, 0) is 16.6 Å². The molecule has 0 fully saturated rings. The van der Waals surface area contributed by atoms with Crippen LogP contribution in [0.2, 0.25) is 5.02 Å². The molecule has 4 nitrogen and oxygen atoms in total. The van der Waals surface area contributed by atoms with Crippen LogP contribution in [0.4, 0.5) is 5.69 Å². The zero-order valence-corrected chi connectivity index (χ0v) is 13.4. The quantitative estimate of drug-likeness (QED) is 0.888. The van der Waals surface area contributed by atoms with Gasteiger partial charge in [-0.1, -0.05) is 29.8 Å². The molecular formula is C15H17ClN2O2S. The van der Waals surface area contributed by atoms with Crippen LogP contribution in [0.25, 0.3) is 0 Å². The van der Waals surface area contributed by atoms with E-state index in [4.69, 9.17) is 11.6 Å². The van der Waals surface area contributed by atoms with Gasteiger partial charge in [-0.05, 0) is 49.4 Å². The number of hydrogen-bond acceptors (Lipinski definition) is 3. The van der Waals surface area contributed by atoms with Crippen molar-refractivity contribution in [3.63, 3.8) is 0 Å². The van der Waals surface area contributed by atoms with Gasteiger partial charge in [-0.2, -0.15) is 0 Å². The Morgan fingerprint density at radius 2 is 1.76 bits per heavy atom. The van der Waals surface area contributed by atoms with E-state index in [1.54, 1.807) is 19.1 Å². The van der Waals surface area contributed by atoms with Gasteiger partial charge in [0.15, 0.2) is 0 Å². The average molecular weight is 325 g/mol. The molecule has 6 heteroatoms. The molecule has 0 amide bonds. The predicted molar refractivity (Wildman–Crippen MR) is 86.2 cm³/mol. The maximum absolute atomic E-state index is 11.9. The average Bonchev–Trinajstić information content (AvgIpc) is 2.48. The molecule has 0 bridgehead atoms. The lowest BCUT2D eigenvalue weighted by Crippen LogP contribution is -2.19. The molecule has 0 atom stereocenters. The van der Waals surface area contributed by atoms with Gasteiger partial charge in [0.05, 0.1) is 4.90 Å². The van der Waals surface area contributed by atoms with Crippen molar-refractivity contribution >= 4 is 27.3 Å². The Labute approximate surface area is 130 Å². The van der Waals surface area contributed by atoms with Gasteiger partial charge in [-0.15, -0.1) is 0 Å². The fraction of sp³-hybridized carbons (Fsp3) is 0.200. The Kier molecular flexibility index (Phi) is 4.88. The van der Waals surface area contributed by atoms with E-state index >= 15 is 0 Å². The van der Waals surface area contributed by atoms with E-state index in [0.29, 0.717) is 17.1 Å². The lowest BCUT2D eigenvalue weighted by atomic mass is 10.2. The Bertz CT molecular complexity index is 728. The second-order valence-corrected chi connectivity index (χ2v) is 6.96. The minimum atomic E-state index is -3.45. The standard InChI is InChI=1S/C15H17ClN2O2S/c1-11-3-8-14(9-15(11)21(19,20)17-2)18-10-12-4-6-13(16)7-5-12/h3-9,17-18H,10H2,1-2H3. The number of anilines is 1. The highest BCUT2D eigenvalue weighted by atomic mass is 35.5. The van der Waals surface area contributed by atoms with Crippen LogP contribution in [0.15, 0.2) is 47.4 Å². The molecule has 2 aromatic rings. The molecule has 0 saturated heterocycles. The SMILES string of the molecule is CNS(=O)(=O)c1cc(NCc2ccc(Cl)cc2)ccc1C. The van der Waals surface area contributed by atoms with Crippen molar-refractivity contribution in [2.75, 3.05) is 12.4 Å². The number of aryl methyl sites for hydroxylation is 1. The first-order valence-corrected chi connectivity index (χ1v) is 8.31. The molecule has 0 spiro atoms. The molecule has 112 valence electrons. The Balaban J connectivity index is 2.18. The largest absolute Gasteiger partial charge is 0.381 e. The summed E-state index contributed by atoms with van der Waals surface area (Å²) in [6.07, 6.45) is 0. The lowest BCUT2D eigenvalue weighted by Gasteiger charge is -2.11. The van der Waals surface area contributed by atoms with Crippen LogP contribution >= 0.6 is 11.6 Å². The topological polar surface area (TPSA) is 58.2 Å². The summed E-state index contributed by atoms with van der Waals surface area (Å²) in [6, 6.07) is 12.8. The number of benzene rings is 2. The summed E-state index contributed by atoms with van der Waals surface area (Å²) in [4.78, 5) is 0.283. The van der Waals surface area contributed by atoms with Gasteiger partial charge in [0, 0.05) is 17.3 Å². The van der Waals surface area contributed by atoms with E-state index in [0.717, 1.165) is 11.3 Å². The molecule has 0 aromatic heterocycles. The van der Waals surface area contributed by atoms with E-state index in [2.05, 4.69) is 10.0 Å². The first-order valence-electron chi connectivity index (χ1n) is 6.45. The maximum atomic E-state index is 11.9. The fourth-order valence-electron chi connectivity index (χ4n) is 1.92. The predicted octanol–water partition coefficient (Wildman–Crippen LogP) is 3.17. The van der Waals surface area contributed by atoms with Crippen molar-refractivity contribution in [2.45, 2.75) is 18.4 Å². The van der Waals surface area contributed by atoms with E-state index < -0.39 is 10.0 Å². The Morgan fingerprint density at radius 3 is 2.38 bits per heavy atom. The zero-order chi connectivity index (χ0) is 15.5. The number of sulfonamides is 1. The van der Waals surface area contributed by atoms with Crippen molar-refractivity contribution in [1.82, 2.24) is 4.72 Å². The Morgan fingerprint density at radius 1 is 1.10 bits per heavy atom. The Hall–Kier alpha value is -1.56. The summed E-state index contributed by atoms with van der Waals surface area (Å²) in [6.45, 7) is 2.37. The molecular weight excluding hydrogens is 308 g/mol. The molecule has 0 aliphatic rings. The number of hydrogen-bond donors (Lipinski definition) is 2. The van der Waals surface area contributed by atoms with Crippen LogP contribution < -0.4 is 10.0 Å². The van der Waals surface area contributed by atoms with Crippen LogP contribution in [0.5, 0.6) is 0 Å². The molecule has 0 aliphatic carbocycles. The van der Waals surface area contributed by atoms with Gasteiger partial charge in [-0.3, -0.25) is 0 Å². The molecule has 2 aromatic carbocycles. The number of halogens is 1. The highest BCUT2D eigenvalue weighted by Crippen LogP contribution is 2.20. The molecule has 0 unspecified atom stereocenters. The van der Waals surface area contributed by atoms with Crippen LogP contribution in [0.1, 0.15) is 11.1 Å². The smallest absolute Gasteiger partial charge is 0.240 e. The molecule has 0 aliphatic heterocycles. The second kappa shape index (κ2) is 6.47. The highest BCUT2D eigenvalue weighted by Gasteiger charge is 2.14. The van der Waals surface area contributed by atoms with Gasteiger partial charge in [0.1, 0.15) is 0 Å². The van der Waals surface area contributed by atoms with E-state index in [1.807, 2.05) is 30.3 Å². The summed E-state index contributed by atoms with van der Waals surface area (Å²) < 4.78 is 26.2. The number of nitrogens with one attached hydrogen (secondary N) is 2. The zero-order valence-electron chi connectivity index (χ0n) is 11.9. The summed E-state index contributed by atoms with van der Waals surface area (Å²) in [7, 11) is -2.04. The van der Waals surface area contributed by atoms with Crippen molar-refractivity contribution in [3.8, 4) is 0 Å². The molecule has 0 heterocycles. The van der Waals surface area contributed by atoms with Crippen LogP contribution in [-0.4, -0.2) is 15.5 Å². The summed E-state index contributed by atoms with van der Waals surface area (Å²) in [5.74, 6) is 0. The van der Waals surface area contributed by atoms with E-state index in [9.17, 15) is 8.42 Å². The third-order valence-corrected chi connectivity index (χ3v) is 4.96. The molecule has 21 heavy (non-hydrogen) atoms. The third kappa shape index (κ3) is 3.97. The highest BCUT2D eigenvalue weighted by molar-refractivity contribution is 7.89. The monoisotopic (exact) mass is 324 g/mol. The van der Waals surface area contributed by atoms with Gasteiger partial charge in [-0.25, -0.2) is 13.1 Å². The molecule has 0 saturated carbocycles. The first-order chi connectivity index (χ1) is 9.92. The lowest BCUT2D eigenvalue weighted by molar-refractivity contribution is 0.587. The van der Waals surface area contributed by atoms with Crippen molar-refractivity contribution < 1.29 is 8.42 Å². The second-order valence-electron chi connectivity index (χ2n) is 4.67. The number of rotatable bonds is 5. The third-order valence-electron chi connectivity index (χ3n) is 3.16. The van der Waals surface area contributed by atoms with Gasteiger partial charge in [0.25, 0.3) is 0 Å². The maximum Gasteiger partial charge on any atom is 0.240 e. The van der Waals surface area contributed by atoms with Crippen molar-refractivity contribution in [3.05, 3.63) is 58.6 Å². The fourth-order valence-corrected chi connectivity index (χ4v) is 3.04. The van der Waals surface area contributed by atoms with Crippen LogP contribution in [0, 0.1) is 6.92 Å². The normalized spacial score (nSPS) is 11.4. The minimum Gasteiger partial charge on any atom is -0.381 e. The van der Waals surface area contributed by atoms with Gasteiger partial charge >= 0.3 is 0 Å². The minimum absolute atomic E-state index is 0.283. The van der Waals surface area contributed by atoms with Crippen molar-refractivity contribution in [1.29, 1.82) is 0 Å². The molecule has 2 N–H and O–H groups in total. The van der Waals surface area contributed by atoms with Gasteiger partial charge in [0.2, 0.25) is 10.0 Å².